The van der Waals surface area contributed by atoms with Crippen molar-refractivity contribution in [3.8, 4) is 0 Å². The quantitative estimate of drug-likeness (QED) is 0.146. The van der Waals surface area contributed by atoms with Crippen LogP contribution >= 0.6 is 0 Å². The zero-order valence-electron chi connectivity index (χ0n) is 20.1. The number of carboxylic acids is 2. The maximum atomic E-state index is 13.0. The normalized spacial score (nSPS) is 14.1. The molecule has 4 amide bonds. The summed E-state index contributed by atoms with van der Waals surface area (Å²) in [5.41, 5.74) is 11.2. The fraction of sp³-hybridized carbons (Fsp3) is 0.478. The Morgan fingerprint density at radius 3 is 1.83 bits per heavy atom. The zero-order valence-corrected chi connectivity index (χ0v) is 20.1. The molecule has 0 aliphatic carbocycles. The Hall–Kier alpha value is -4.00. The van der Waals surface area contributed by atoms with Crippen LogP contribution in [0, 0.1) is 5.92 Å². The molecule has 9 N–H and O–H groups in total. The number of carbonyl (C=O) groups is 6. The number of nitrogens with two attached hydrogens (primary N) is 2. The molecule has 0 saturated carbocycles. The highest BCUT2D eigenvalue weighted by atomic mass is 16.4. The Morgan fingerprint density at radius 1 is 0.806 bits per heavy atom. The number of amides is 4. The topological polar surface area (TPSA) is 231 Å². The first-order valence-electron chi connectivity index (χ1n) is 11.2. The lowest BCUT2D eigenvalue weighted by Crippen LogP contribution is -2.58. The van der Waals surface area contributed by atoms with E-state index >= 15 is 0 Å². The van der Waals surface area contributed by atoms with Crippen molar-refractivity contribution in [1.29, 1.82) is 0 Å². The highest BCUT2D eigenvalue weighted by Gasteiger charge is 2.32. The monoisotopic (exact) mass is 507 g/mol. The van der Waals surface area contributed by atoms with E-state index in [9.17, 15) is 33.9 Å². The molecule has 4 atom stereocenters. The molecule has 0 radical (unpaired) electrons. The van der Waals surface area contributed by atoms with Gasteiger partial charge < -0.3 is 37.6 Å². The Morgan fingerprint density at radius 2 is 1.33 bits per heavy atom. The molecule has 0 bridgehead atoms. The lowest BCUT2D eigenvalue weighted by Gasteiger charge is -2.25. The smallest absolute Gasteiger partial charge is 0.326 e. The highest BCUT2D eigenvalue weighted by Crippen LogP contribution is 2.09. The minimum Gasteiger partial charge on any atom is -0.481 e. The van der Waals surface area contributed by atoms with Crippen molar-refractivity contribution in [3.63, 3.8) is 0 Å². The summed E-state index contributed by atoms with van der Waals surface area (Å²) in [5.74, 6) is -6.43. The van der Waals surface area contributed by atoms with Crippen molar-refractivity contribution in [2.45, 2.75) is 63.7 Å². The van der Waals surface area contributed by atoms with Crippen molar-refractivity contribution in [2.75, 3.05) is 0 Å². The molecule has 0 aliphatic heterocycles. The Bertz CT molecular complexity index is 953. The lowest BCUT2D eigenvalue weighted by atomic mass is 10.0. The van der Waals surface area contributed by atoms with Crippen LogP contribution in [0.2, 0.25) is 0 Å². The zero-order chi connectivity index (χ0) is 27.4. The minimum atomic E-state index is -1.61. The molecule has 1 aromatic carbocycles. The van der Waals surface area contributed by atoms with Crippen molar-refractivity contribution in [3.05, 3.63) is 35.9 Å². The van der Waals surface area contributed by atoms with E-state index in [1.54, 1.807) is 44.2 Å². The Balaban J connectivity index is 3.01. The fourth-order valence-corrected chi connectivity index (χ4v) is 3.27. The minimum absolute atomic E-state index is 0.000291. The van der Waals surface area contributed by atoms with E-state index < -0.39 is 72.6 Å². The van der Waals surface area contributed by atoms with Gasteiger partial charge in [-0.2, -0.15) is 0 Å². The summed E-state index contributed by atoms with van der Waals surface area (Å²) in [6.07, 6.45) is -1.25. The van der Waals surface area contributed by atoms with Crippen molar-refractivity contribution >= 4 is 35.6 Å². The van der Waals surface area contributed by atoms with Crippen LogP contribution in [-0.4, -0.2) is 69.9 Å². The van der Waals surface area contributed by atoms with Crippen LogP contribution in [0.1, 0.15) is 38.7 Å². The number of carboxylic acid groups (broad SMARTS) is 2. The lowest BCUT2D eigenvalue weighted by molar-refractivity contribution is -0.143. The second-order valence-corrected chi connectivity index (χ2v) is 8.72. The van der Waals surface area contributed by atoms with E-state index in [2.05, 4.69) is 16.0 Å². The van der Waals surface area contributed by atoms with Crippen LogP contribution in [0.3, 0.4) is 0 Å². The molecule has 1 rings (SSSR count). The van der Waals surface area contributed by atoms with Gasteiger partial charge in [0, 0.05) is 6.42 Å². The summed E-state index contributed by atoms with van der Waals surface area (Å²) in [4.78, 5) is 72.0. The van der Waals surface area contributed by atoms with Crippen molar-refractivity contribution in [2.24, 2.45) is 17.4 Å². The third-order valence-corrected chi connectivity index (χ3v) is 5.01. The van der Waals surface area contributed by atoms with Crippen LogP contribution in [0.15, 0.2) is 30.3 Å². The highest BCUT2D eigenvalue weighted by molar-refractivity contribution is 5.96. The standard InChI is InChI=1S/C23H33N5O8/c1-12(2)8-15(21(33)28-17(23(35)36)9-13-6-4-3-5-7-13)27-22(34)16(11-19(30)31)26-20(32)14(24)10-18(25)29/h3-7,12,14-17H,8-11,24H2,1-2H3,(H2,25,29)(H,26,32)(H,27,34)(H,28,33)(H,30,31)(H,35,36). The molecule has 1 aromatic rings. The molecular formula is C23H33N5O8. The molecule has 0 aromatic heterocycles. The van der Waals surface area contributed by atoms with E-state index in [-0.39, 0.29) is 18.8 Å². The van der Waals surface area contributed by atoms with Gasteiger partial charge in [-0.3, -0.25) is 24.0 Å². The molecule has 4 unspecified atom stereocenters. The number of hydrogen-bond acceptors (Lipinski definition) is 7. The van der Waals surface area contributed by atoms with Gasteiger partial charge in [-0.1, -0.05) is 44.2 Å². The van der Waals surface area contributed by atoms with Crippen molar-refractivity contribution in [1.82, 2.24) is 16.0 Å². The summed E-state index contributed by atoms with van der Waals surface area (Å²) in [6.45, 7) is 3.54. The van der Waals surface area contributed by atoms with E-state index in [0.717, 1.165) is 0 Å². The summed E-state index contributed by atoms with van der Waals surface area (Å²) in [6, 6.07) is 3.10. The van der Waals surface area contributed by atoms with Gasteiger partial charge in [0.2, 0.25) is 23.6 Å². The molecular weight excluding hydrogens is 474 g/mol. The number of benzene rings is 1. The number of rotatable bonds is 15. The summed E-state index contributed by atoms with van der Waals surface area (Å²) in [5, 5.41) is 25.7. The van der Waals surface area contributed by atoms with Crippen molar-refractivity contribution < 1.29 is 39.0 Å². The van der Waals surface area contributed by atoms with Crippen LogP contribution in [0.5, 0.6) is 0 Å². The van der Waals surface area contributed by atoms with Gasteiger partial charge in [0.05, 0.1) is 18.9 Å². The Labute approximate surface area is 208 Å². The number of carbonyl (C=O) groups excluding carboxylic acids is 4. The van der Waals surface area contributed by atoms with Gasteiger partial charge in [0.1, 0.15) is 18.1 Å². The summed E-state index contributed by atoms with van der Waals surface area (Å²) in [7, 11) is 0. The maximum absolute atomic E-state index is 13.0. The van der Waals surface area contributed by atoms with Gasteiger partial charge in [-0.15, -0.1) is 0 Å². The molecule has 198 valence electrons. The molecule has 0 fully saturated rings. The molecule has 13 nitrogen and oxygen atoms in total. The molecule has 0 heterocycles. The first-order chi connectivity index (χ1) is 16.8. The van der Waals surface area contributed by atoms with Gasteiger partial charge in [0.15, 0.2) is 0 Å². The predicted octanol–water partition coefficient (Wildman–Crippen LogP) is -1.51. The average Bonchev–Trinajstić information content (AvgIpc) is 2.77. The molecule has 36 heavy (non-hydrogen) atoms. The second kappa shape index (κ2) is 14.4. The van der Waals surface area contributed by atoms with Gasteiger partial charge >= 0.3 is 11.9 Å². The van der Waals surface area contributed by atoms with Crippen LogP contribution in [0.4, 0.5) is 0 Å². The third kappa shape index (κ3) is 11.0. The number of aliphatic carboxylic acids is 2. The predicted molar refractivity (Wildman–Crippen MR) is 127 cm³/mol. The molecule has 0 saturated heterocycles. The first kappa shape index (κ1) is 30.0. The second-order valence-electron chi connectivity index (χ2n) is 8.72. The molecule has 13 heteroatoms. The largest absolute Gasteiger partial charge is 0.481 e. The van der Waals surface area contributed by atoms with E-state index in [1.807, 2.05) is 0 Å². The maximum Gasteiger partial charge on any atom is 0.326 e. The van der Waals surface area contributed by atoms with Crippen LogP contribution < -0.4 is 27.4 Å². The first-order valence-corrected chi connectivity index (χ1v) is 11.2. The average molecular weight is 508 g/mol. The van der Waals surface area contributed by atoms with E-state index in [0.29, 0.717) is 5.56 Å². The third-order valence-electron chi connectivity index (χ3n) is 5.01. The van der Waals surface area contributed by atoms with Crippen LogP contribution in [-0.2, 0) is 35.2 Å². The number of nitrogens with one attached hydrogen (secondary N) is 3. The fourth-order valence-electron chi connectivity index (χ4n) is 3.27. The SMILES string of the molecule is CC(C)CC(NC(=O)C(CC(=O)O)NC(=O)C(N)CC(N)=O)C(=O)NC(Cc1ccccc1)C(=O)O. The van der Waals surface area contributed by atoms with Gasteiger partial charge in [-0.05, 0) is 17.9 Å². The summed E-state index contributed by atoms with van der Waals surface area (Å²) < 4.78 is 0. The van der Waals surface area contributed by atoms with E-state index in [1.165, 1.54) is 0 Å². The molecule has 0 aliphatic rings. The van der Waals surface area contributed by atoms with Gasteiger partial charge in [0.25, 0.3) is 0 Å². The Kier molecular flexibility index (Phi) is 12.0. The summed E-state index contributed by atoms with van der Waals surface area (Å²) >= 11 is 0. The van der Waals surface area contributed by atoms with E-state index in [4.69, 9.17) is 16.6 Å². The number of primary amides is 1. The molecule has 0 spiro atoms. The number of hydrogen-bond donors (Lipinski definition) is 7. The van der Waals surface area contributed by atoms with Crippen LogP contribution in [0.25, 0.3) is 0 Å². The van der Waals surface area contributed by atoms with Gasteiger partial charge in [-0.25, -0.2) is 4.79 Å².